The molecule has 66 heavy (non-hydrogen) atoms. The molecule has 0 aromatic carbocycles. The molecule has 8 nitrogen and oxygen atoms in total. The Balaban J connectivity index is 4.22. The molecule has 3 unspecified atom stereocenters. The van der Waals surface area contributed by atoms with Crippen LogP contribution in [0.5, 0.6) is 0 Å². The fraction of sp³-hybridized carbons (Fsp3) is 0.912. The number of aliphatic hydroxyl groups excluding tert-OH is 1. The van der Waals surface area contributed by atoms with Crippen LogP contribution in [0.15, 0.2) is 24.3 Å². The Morgan fingerprint density at radius 1 is 0.500 bits per heavy atom. The van der Waals surface area contributed by atoms with Gasteiger partial charge in [0.05, 0.1) is 39.9 Å². The number of unbranched alkanes of at least 4 members (excludes halogenated alkanes) is 38. The second kappa shape index (κ2) is 49.0. The lowest BCUT2D eigenvalue weighted by atomic mass is 10.0. The van der Waals surface area contributed by atoms with Gasteiger partial charge in [0.2, 0.25) is 5.91 Å². The molecule has 0 aromatic rings. The first-order valence-corrected chi connectivity index (χ1v) is 30.2. The molecule has 0 saturated heterocycles. The number of phosphoric acid groups is 1. The van der Waals surface area contributed by atoms with E-state index in [1.807, 2.05) is 27.2 Å². The van der Waals surface area contributed by atoms with Gasteiger partial charge >= 0.3 is 7.82 Å². The third-order valence-electron chi connectivity index (χ3n) is 13.2. The van der Waals surface area contributed by atoms with Gasteiger partial charge in [-0.3, -0.25) is 13.8 Å². The molecule has 0 aliphatic rings. The van der Waals surface area contributed by atoms with E-state index < -0.39 is 20.0 Å². The maximum atomic E-state index is 13.0. The summed E-state index contributed by atoms with van der Waals surface area (Å²) in [5, 5.41) is 13.9. The molecule has 0 fully saturated rings. The fourth-order valence-electron chi connectivity index (χ4n) is 8.63. The molecule has 0 aliphatic carbocycles. The minimum absolute atomic E-state index is 0.0628. The van der Waals surface area contributed by atoms with Gasteiger partial charge in [0.1, 0.15) is 13.2 Å². The summed E-state index contributed by atoms with van der Waals surface area (Å²) < 4.78 is 23.7. The van der Waals surface area contributed by atoms with Crippen molar-refractivity contribution in [2.24, 2.45) is 0 Å². The Labute approximate surface area is 411 Å². The van der Waals surface area contributed by atoms with Crippen LogP contribution < -0.4 is 5.32 Å². The number of likely N-dealkylation sites (N-methyl/N-ethyl adjacent to an activating group) is 1. The van der Waals surface area contributed by atoms with Crippen molar-refractivity contribution < 1.29 is 32.9 Å². The van der Waals surface area contributed by atoms with Crippen molar-refractivity contribution in [1.82, 2.24) is 5.32 Å². The normalized spacial score (nSPS) is 14.1. The van der Waals surface area contributed by atoms with Gasteiger partial charge in [-0.1, -0.05) is 256 Å². The van der Waals surface area contributed by atoms with Gasteiger partial charge in [-0.25, -0.2) is 4.57 Å². The highest BCUT2D eigenvalue weighted by Crippen LogP contribution is 2.43. The molecule has 1 amide bonds. The Bertz CT molecular complexity index is 1130. The zero-order valence-electron chi connectivity index (χ0n) is 44.7. The Kier molecular flexibility index (Phi) is 48.2. The van der Waals surface area contributed by atoms with E-state index in [9.17, 15) is 19.4 Å². The third kappa shape index (κ3) is 50.8. The molecule has 9 heteroatoms. The number of carbonyl (C=O) groups excluding carboxylic acids is 1. The van der Waals surface area contributed by atoms with E-state index in [4.69, 9.17) is 9.05 Å². The summed E-state index contributed by atoms with van der Waals surface area (Å²) in [6, 6.07) is -0.846. The lowest BCUT2D eigenvalue weighted by Gasteiger charge is -2.25. The van der Waals surface area contributed by atoms with Crippen molar-refractivity contribution in [3.63, 3.8) is 0 Å². The van der Waals surface area contributed by atoms with Crippen molar-refractivity contribution in [3.05, 3.63) is 24.3 Å². The van der Waals surface area contributed by atoms with Crippen molar-refractivity contribution in [1.29, 1.82) is 0 Å². The van der Waals surface area contributed by atoms with E-state index >= 15 is 0 Å². The highest BCUT2D eigenvalue weighted by molar-refractivity contribution is 7.47. The van der Waals surface area contributed by atoms with E-state index in [2.05, 4.69) is 31.3 Å². The van der Waals surface area contributed by atoms with Crippen LogP contribution in [0.25, 0.3) is 0 Å². The minimum Gasteiger partial charge on any atom is -0.387 e. The van der Waals surface area contributed by atoms with Crippen molar-refractivity contribution in [2.45, 2.75) is 296 Å². The number of nitrogens with one attached hydrogen (secondary N) is 1. The molecular formula is C57H114N2O6P+. The molecule has 0 rings (SSSR count). The summed E-state index contributed by atoms with van der Waals surface area (Å²) in [7, 11) is 1.58. The monoisotopic (exact) mass is 954 g/mol. The van der Waals surface area contributed by atoms with Crippen LogP contribution in [0, 0.1) is 0 Å². The van der Waals surface area contributed by atoms with E-state index in [0.29, 0.717) is 17.4 Å². The molecule has 392 valence electrons. The van der Waals surface area contributed by atoms with Crippen LogP contribution >= 0.6 is 7.82 Å². The van der Waals surface area contributed by atoms with Gasteiger partial charge in [0, 0.05) is 6.42 Å². The standard InChI is InChI=1S/C57H113N2O6P/c1-6-8-10-12-14-16-18-20-22-24-26-28-29-31-32-34-36-38-40-42-44-46-48-50-56(60)55(54-65-66(62,63)64-53-52-59(3,4)5)58-57(61)51-49-47-45-43-41-39-37-35-33-30-27-25-23-21-19-17-15-13-11-9-7-2/h25,27,48,50,55-56,60H,6-24,26,28-47,49,51-54H2,1-5H3,(H-,58,61,62,63)/p+1/b27-25-,50-48+. The van der Waals surface area contributed by atoms with Gasteiger partial charge in [-0.15, -0.1) is 0 Å². The molecule has 3 atom stereocenters. The Morgan fingerprint density at radius 2 is 0.818 bits per heavy atom. The predicted octanol–water partition coefficient (Wildman–Crippen LogP) is 17.2. The Hall–Kier alpha value is -1.02. The molecular weight excluding hydrogens is 840 g/mol. The largest absolute Gasteiger partial charge is 0.472 e. The number of amides is 1. The average Bonchev–Trinajstić information content (AvgIpc) is 3.28. The first-order chi connectivity index (χ1) is 32.0. The summed E-state index contributed by atoms with van der Waals surface area (Å²) in [5.74, 6) is -0.175. The van der Waals surface area contributed by atoms with Gasteiger partial charge in [0.25, 0.3) is 0 Å². The fourth-order valence-corrected chi connectivity index (χ4v) is 9.36. The maximum Gasteiger partial charge on any atom is 0.472 e. The van der Waals surface area contributed by atoms with Crippen molar-refractivity contribution in [2.75, 3.05) is 40.9 Å². The van der Waals surface area contributed by atoms with Crippen LogP contribution in [-0.2, 0) is 18.4 Å². The highest BCUT2D eigenvalue weighted by atomic mass is 31.2. The predicted molar refractivity (Wildman–Crippen MR) is 286 cm³/mol. The Morgan fingerprint density at radius 3 is 1.17 bits per heavy atom. The lowest BCUT2D eigenvalue weighted by Crippen LogP contribution is -2.45. The molecule has 0 bridgehead atoms. The summed E-state index contributed by atoms with van der Waals surface area (Å²) in [4.78, 5) is 23.3. The maximum absolute atomic E-state index is 13.0. The number of carbonyl (C=O) groups is 1. The quantitative estimate of drug-likeness (QED) is 0.0243. The topological polar surface area (TPSA) is 105 Å². The summed E-state index contributed by atoms with van der Waals surface area (Å²) in [6.07, 6.45) is 61.3. The molecule has 0 spiro atoms. The first-order valence-electron chi connectivity index (χ1n) is 28.7. The summed E-state index contributed by atoms with van der Waals surface area (Å²) in [5.41, 5.74) is 0. The number of nitrogens with zero attached hydrogens (tertiary/aromatic N) is 1. The van der Waals surface area contributed by atoms with Crippen LogP contribution in [-0.4, -0.2) is 73.4 Å². The second-order valence-corrected chi connectivity index (χ2v) is 22.5. The van der Waals surface area contributed by atoms with Gasteiger partial charge in [-0.2, -0.15) is 0 Å². The molecule has 0 saturated carbocycles. The molecule has 0 aliphatic heterocycles. The van der Waals surface area contributed by atoms with Crippen LogP contribution in [0.3, 0.4) is 0 Å². The molecule has 3 N–H and O–H groups in total. The number of hydrogen-bond donors (Lipinski definition) is 3. The van der Waals surface area contributed by atoms with Crippen molar-refractivity contribution >= 4 is 13.7 Å². The number of aliphatic hydroxyl groups is 1. The molecule has 0 radical (unpaired) electrons. The number of allylic oxidation sites excluding steroid dienone is 3. The molecule has 0 aromatic heterocycles. The van der Waals surface area contributed by atoms with Crippen LogP contribution in [0.2, 0.25) is 0 Å². The van der Waals surface area contributed by atoms with Crippen molar-refractivity contribution in [3.8, 4) is 0 Å². The first kappa shape index (κ1) is 65.0. The van der Waals surface area contributed by atoms with Gasteiger partial charge in [0.15, 0.2) is 0 Å². The SMILES string of the molecule is CCCCCCCCCC/C=C\CCCCCCCCCCCC(=O)NC(COP(=O)(O)OCC[N+](C)(C)C)C(O)/C=C/CCCCCCCCCCCCCCCCCCCCCCC. The number of phosphoric ester groups is 1. The van der Waals surface area contributed by atoms with E-state index in [1.165, 1.54) is 225 Å². The highest BCUT2D eigenvalue weighted by Gasteiger charge is 2.27. The zero-order valence-corrected chi connectivity index (χ0v) is 45.6. The number of hydrogen-bond acceptors (Lipinski definition) is 5. The summed E-state index contributed by atoms with van der Waals surface area (Å²) >= 11 is 0. The van der Waals surface area contributed by atoms with E-state index in [-0.39, 0.29) is 19.1 Å². The van der Waals surface area contributed by atoms with E-state index in [0.717, 1.165) is 38.5 Å². The van der Waals surface area contributed by atoms with Gasteiger partial charge in [-0.05, 0) is 44.9 Å². The molecule has 0 heterocycles. The zero-order chi connectivity index (χ0) is 48.5. The smallest absolute Gasteiger partial charge is 0.387 e. The minimum atomic E-state index is -4.34. The van der Waals surface area contributed by atoms with Crippen LogP contribution in [0.4, 0.5) is 0 Å². The lowest BCUT2D eigenvalue weighted by molar-refractivity contribution is -0.870. The number of rotatable bonds is 53. The third-order valence-corrected chi connectivity index (χ3v) is 14.1. The summed E-state index contributed by atoms with van der Waals surface area (Å²) in [6.45, 7) is 4.85. The average molecular weight is 955 g/mol. The van der Waals surface area contributed by atoms with Crippen LogP contribution in [0.1, 0.15) is 284 Å². The second-order valence-electron chi connectivity index (χ2n) is 21.0. The number of quaternary nitrogens is 1. The van der Waals surface area contributed by atoms with Gasteiger partial charge < -0.3 is 19.8 Å². The van der Waals surface area contributed by atoms with E-state index in [1.54, 1.807) is 6.08 Å².